The number of amides is 1. The molecule has 0 spiro atoms. The summed E-state index contributed by atoms with van der Waals surface area (Å²) < 4.78 is 10.5. The third kappa shape index (κ3) is 3.60. The van der Waals surface area contributed by atoms with Crippen LogP contribution in [0.3, 0.4) is 0 Å². The zero-order chi connectivity index (χ0) is 15.9. The van der Waals surface area contributed by atoms with Crippen molar-refractivity contribution in [3.63, 3.8) is 0 Å². The van der Waals surface area contributed by atoms with E-state index in [4.69, 9.17) is 9.47 Å². The average molecular weight is 304 g/mol. The van der Waals surface area contributed by atoms with Crippen molar-refractivity contribution in [2.24, 2.45) is 0 Å². The van der Waals surface area contributed by atoms with Gasteiger partial charge in [-0.1, -0.05) is 18.2 Å². The van der Waals surface area contributed by atoms with Crippen molar-refractivity contribution in [2.75, 3.05) is 18.1 Å². The SMILES string of the molecule is CCOc1nc(OCC)nc(N(C(=O)O)c2ccccc2)n1. The smallest absolute Gasteiger partial charge is 0.418 e. The van der Waals surface area contributed by atoms with E-state index in [1.54, 1.807) is 44.2 Å². The van der Waals surface area contributed by atoms with Crippen LogP contribution in [-0.4, -0.2) is 39.4 Å². The molecule has 1 amide bonds. The lowest BCUT2D eigenvalue weighted by Crippen LogP contribution is -2.26. The van der Waals surface area contributed by atoms with Gasteiger partial charge in [0.25, 0.3) is 0 Å². The van der Waals surface area contributed by atoms with Crippen LogP contribution in [0.5, 0.6) is 12.0 Å². The van der Waals surface area contributed by atoms with Gasteiger partial charge in [0.15, 0.2) is 0 Å². The molecule has 22 heavy (non-hydrogen) atoms. The molecule has 2 aromatic rings. The molecular formula is C14H16N4O4. The fourth-order valence-electron chi connectivity index (χ4n) is 1.70. The Hall–Kier alpha value is -2.90. The lowest BCUT2D eigenvalue weighted by Gasteiger charge is -2.17. The van der Waals surface area contributed by atoms with Crippen LogP contribution in [0.1, 0.15) is 13.8 Å². The Labute approximate surface area is 127 Å². The van der Waals surface area contributed by atoms with Crippen LogP contribution in [0.4, 0.5) is 16.4 Å². The zero-order valence-electron chi connectivity index (χ0n) is 12.3. The lowest BCUT2D eigenvalue weighted by molar-refractivity contribution is 0.204. The van der Waals surface area contributed by atoms with Gasteiger partial charge in [0, 0.05) is 0 Å². The van der Waals surface area contributed by atoms with Crippen LogP contribution < -0.4 is 14.4 Å². The molecule has 0 aliphatic rings. The first-order chi connectivity index (χ1) is 10.7. The zero-order valence-corrected chi connectivity index (χ0v) is 12.3. The number of carbonyl (C=O) groups is 1. The number of ether oxygens (including phenoxy) is 2. The van der Waals surface area contributed by atoms with Gasteiger partial charge in [-0.25, -0.2) is 9.69 Å². The van der Waals surface area contributed by atoms with E-state index < -0.39 is 6.09 Å². The highest BCUT2D eigenvalue weighted by Crippen LogP contribution is 2.24. The van der Waals surface area contributed by atoms with E-state index in [0.29, 0.717) is 18.9 Å². The van der Waals surface area contributed by atoms with E-state index in [1.165, 1.54) is 0 Å². The second-order valence-electron chi connectivity index (χ2n) is 4.02. The van der Waals surface area contributed by atoms with Crippen molar-refractivity contribution in [1.82, 2.24) is 15.0 Å². The fraction of sp³-hybridized carbons (Fsp3) is 0.286. The van der Waals surface area contributed by atoms with E-state index in [0.717, 1.165) is 4.90 Å². The van der Waals surface area contributed by atoms with Gasteiger partial charge in [-0.3, -0.25) is 0 Å². The van der Waals surface area contributed by atoms with Crippen LogP contribution in [0.2, 0.25) is 0 Å². The fourth-order valence-corrected chi connectivity index (χ4v) is 1.70. The molecule has 0 saturated heterocycles. The molecule has 0 unspecified atom stereocenters. The van der Waals surface area contributed by atoms with Crippen LogP contribution in [0, 0.1) is 0 Å². The van der Waals surface area contributed by atoms with Gasteiger partial charge in [0.05, 0.1) is 18.9 Å². The van der Waals surface area contributed by atoms with Gasteiger partial charge in [-0.15, -0.1) is 4.98 Å². The summed E-state index contributed by atoms with van der Waals surface area (Å²) in [6, 6.07) is 8.53. The molecule has 1 heterocycles. The second-order valence-corrected chi connectivity index (χ2v) is 4.02. The Morgan fingerprint density at radius 3 is 2.05 bits per heavy atom. The maximum Gasteiger partial charge on any atom is 0.418 e. The number of benzene rings is 1. The number of aromatic nitrogens is 3. The molecule has 0 saturated carbocycles. The molecule has 116 valence electrons. The minimum atomic E-state index is -1.22. The van der Waals surface area contributed by atoms with Crippen molar-refractivity contribution in [3.05, 3.63) is 30.3 Å². The quantitative estimate of drug-likeness (QED) is 0.875. The molecule has 1 N–H and O–H groups in total. The topological polar surface area (TPSA) is 97.7 Å². The van der Waals surface area contributed by atoms with E-state index in [-0.39, 0.29) is 18.0 Å². The van der Waals surface area contributed by atoms with Crippen LogP contribution in [0.15, 0.2) is 30.3 Å². The molecule has 0 aliphatic heterocycles. The predicted molar refractivity (Wildman–Crippen MR) is 78.8 cm³/mol. The van der Waals surface area contributed by atoms with Crippen molar-refractivity contribution < 1.29 is 19.4 Å². The van der Waals surface area contributed by atoms with Crippen molar-refractivity contribution >= 4 is 17.7 Å². The maximum absolute atomic E-state index is 11.6. The molecule has 1 aromatic carbocycles. The summed E-state index contributed by atoms with van der Waals surface area (Å²) in [6.07, 6.45) is -1.22. The Bertz CT molecular complexity index is 612. The Morgan fingerprint density at radius 2 is 1.59 bits per heavy atom. The first-order valence-electron chi connectivity index (χ1n) is 6.75. The van der Waals surface area contributed by atoms with E-state index in [1.807, 2.05) is 0 Å². The summed E-state index contributed by atoms with van der Waals surface area (Å²) in [5, 5.41) is 9.47. The summed E-state index contributed by atoms with van der Waals surface area (Å²) in [7, 11) is 0. The van der Waals surface area contributed by atoms with Crippen LogP contribution in [0.25, 0.3) is 0 Å². The first kappa shape index (κ1) is 15.5. The molecule has 0 fully saturated rings. The Kier molecular flexibility index (Phi) is 5.07. The molecule has 2 rings (SSSR count). The van der Waals surface area contributed by atoms with Gasteiger partial charge in [0.2, 0.25) is 5.95 Å². The second kappa shape index (κ2) is 7.21. The Morgan fingerprint density at radius 1 is 1.05 bits per heavy atom. The van der Waals surface area contributed by atoms with E-state index >= 15 is 0 Å². The summed E-state index contributed by atoms with van der Waals surface area (Å²) >= 11 is 0. The minimum absolute atomic E-state index is 0.0122. The van der Waals surface area contributed by atoms with Crippen LogP contribution >= 0.6 is 0 Å². The van der Waals surface area contributed by atoms with E-state index in [9.17, 15) is 9.90 Å². The van der Waals surface area contributed by atoms with Gasteiger partial charge in [-0.05, 0) is 26.0 Å². The number of nitrogens with zero attached hydrogens (tertiary/aromatic N) is 4. The number of para-hydroxylation sites is 1. The third-order valence-electron chi connectivity index (χ3n) is 2.54. The maximum atomic E-state index is 11.6. The van der Waals surface area contributed by atoms with Gasteiger partial charge in [0.1, 0.15) is 0 Å². The summed E-state index contributed by atoms with van der Waals surface area (Å²) in [5.41, 5.74) is 0.408. The summed E-state index contributed by atoms with van der Waals surface area (Å²) in [4.78, 5) is 24.5. The summed E-state index contributed by atoms with van der Waals surface area (Å²) in [5.74, 6) is -0.0828. The third-order valence-corrected chi connectivity index (χ3v) is 2.54. The monoisotopic (exact) mass is 304 g/mol. The first-order valence-corrected chi connectivity index (χ1v) is 6.75. The minimum Gasteiger partial charge on any atom is -0.464 e. The normalized spacial score (nSPS) is 10.1. The van der Waals surface area contributed by atoms with Crippen LogP contribution in [-0.2, 0) is 0 Å². The van der Waals surface area contributed by atoms with Crippen molar-refractivity contribution in [2.45, 2.75) is 13.8 Å². The standard InChI is InChI=1S/C14H16N4O4/c1-3-21-12-15-11(16-13(17-12)22-4-2)18(14(19)20)10-8-6-5-7-9-10/h5-9H,3-4H2,1-2H3,(H,19,20). The molecule has 8 heteroatoms. The molecule has 0 radical (unpaired) electrons. The molecule has 0 aliphatic carbocycles. The number of hydrogen-bond donors (Lipinski definition) is 1. The number of carboxylic acid groups (broad SMARTS) is 1. The molecule has 0 bridgehead atoms. The molecule has 1 aromatic heterocycles. The average Bonchev–Trinajstić information content (AvgIpc) is 2.48. The van der Waals surface area contributed by atoms with Gasteiger partial charge < -0.3 is 14.6 Å². The molecule has 8 nitrogen and oxygen atoms in total. The van der Waals surface area contributed by atoms with E-state index in [2.05, 4.69) is 15.0 Å². The number of rotatable bonds is 6. The molecule has 0 atom stereocenters. The Balaban J connectivity index is 2.48. The van der Waals surface area contributed by atoms with Gasteiger partial charge >= 0.3 is 18.1 Å². The summed E-state index contributed by atoms with van der Waals surface area (Å²) in [6.45, 7) is 4.23. The highest BCUT2D eigenvalue weighted by atomic mass is 16.5. The lowest BCUT2D eigenvalue weighted by atomic mass is 10.3. The number of anilines is 2. The van der Waals surface area contributed by atoms with Crippen molar-refractivity contribution in [1.29, 1.82) is 0 Å². The largest absolute Gasteiger partial charge is 0.464 e. The molecular weight excluding hydrogens is 288 g/mol. The number of hydrogen-bond acceptors (Lipinski definition) is 6. The van der Waals surface area contributed by atoms with Crippen molar-refractivity contribution in [3.8, 4) is 12.0 Å². The highest BCUT2D eigenvalue weighted by Gasteiger charge is 2.22. The predicted octanol–water partition coefficient (Wildman–Crippen LogP) is 2.49. The highest BCUT2D eigenvalue weighted by molar-refractivity contribution is 5.92. The van der Waals surface area contributed by atoms with Gasteiger partial charge in [-0.2, -0.15) is 9.97 Å².